The maximum atomic E-state index is 9.04. The van der Waals surface area contributed by atoms with Crippen molar-refractivity contribution in [2.24, 2.45) is 0 Å². The van der Waals surface area contributed by atoms with Crippen LogP contribution < -0.4 is 0 Å². The largest absolute Gasteiger partial charge is 0.396 e. The molecule has 0 aliphatic carbocycles. The van der Waals surface area contributed by atoms with Crippen LogP contribution in [0.1, 0.15) is 11.4 Å². The average Bonchev–Trinajstić information content (AvgIpc) is 2.73. The Kier molecular flexibility index (Phi) is 2.30. The van der Waals surface area contributed by atoms with Crippen molar-refractivity contribution >= 4 is 16.6 Å². The van der Waals surface area contributed by atoms with Gasteiger partial charge in [-0.3, -0.25) is 4.40 Å². The lowest BCUT2D eigenvalue weighted by atomic mass is 10.1. The van der Waals surface area contributed by atoms with Crippen molar-refractivity contribution in [1.29, 1.82) is 0 Å². The normalized spacial score (nSPS) is 11.4. The highest BCUT2D eigenvalue weighted by Gasteiger charge is 2.09. The monoisotopic (exact) mass is 227 g/mol. The topological polar surface area (TPSA) is 50.4 Å². The third-order valence-electron chi connectivity index (χ3n) is 3.01. The summed E-state index contributed by atoms with van der Waals surface area (Å²) < 4.78 is 2.01. The van der Waals surface area contributed by atoms with Gasteiger partial charge in [0, 0.05) is 11.8 Å². The van der Waals surface area contributed by atoms with Gasteiger partial charge < -0.3 is 5.11 Å². The molecule has 0 saturated carbocycles. The summed E-state index contributed by atoms with van der Waals surface area (Å²) in [5.41, 5.74) is 3.12. The summed E-state index contributed by atoms with van der Waals surface area (Å²) in [5.74, 6) is 0.804. The van der Waals surface area contributed by atoms with Gasteiger partial charge in [0.05, 0.1) is 12.1 Å². The number of pyridine rings is 1. The van der Waals surface area contributed by atoms with E-state index in [0.717, 1.165) is 17.0 Å². The molecule has 17 heavy (non-hydrogen) atoms. The minimum atomic E-state index is 0.0863. The van der Waals surface area contributed by atoms with Crippen molar-refractivity contribution in [2.75, 3.05) is 6.61 Å². The van der Waals surface area contributed by atoms with E-state index in [1.54, 1.807) is 0 Å². The Balaban J connectivity index is 2.46. The lowest BCUT2D eigenvalue weighted by Gasteiger charge is -2.06. The number of hydrogen-bond acceptors (Lipinski definition) is 3. The van der Waals surface area contributed by atoms with Gasteiger partial charge >= 0.3 is 0 Å². The molecule has 0 bridgehead atoms. The summed E-state index contributed by atoms with van der Waals surface area (Å²) in [7, 11) is 0. The zero-order chi connectivity index (χ0) is 11.8. The second kappa shape index (κ2) is 3.82. The van der Waals surface area contributed by atoms with Gasteiger partial charge in [0.1, 0.15) is 5.82 Å². The van der Waals surface area contributed by atoms with E-state index < -0.39 is 0 Å². The highest BCUT2D eigenvalue weighted by atomic mass is 16.3. The Hall–Kier alpha value is -1.94. The van der Waals surface area contributed by atoms with Crippen LogP contribution in [0.4, 0.5) is 0 Å². The molecule has 3 rings (SSSR count). The first-order chi connectivity index (χ1) is 8.31. The Morgan fingerprint density at radius 3 is 2.88 bits per heavy atom. The Morgan fingerprint density at radius 1 is 1.24 bits per heavy atom. The van der Waals surface area contributed by atoms with Crippen LogP contribution in [0.2, 0.25) is 0 Å². The summed E-state index contributed by atoms with van der Waals surface area (Å²) in [6, 6.07) is 10.2. The first-order valence-corrected chi connectivity index (χ1v) is 5.64. The molecule has 0 aliphatic heterocycles. The quantitative estimate of drug-likeness (QED) is 0.725. The van der Waals surface area contributed by atoms with Crippen molar-refractivity contribution < 1.29 is 5.11 Å². The van der Waals surface area contributed by atoms with E-state index in [1.165, 1.54) is 10.9 Å². The number of aryl methyl sites for hydroxylation is 1. The molecule has 86 valence electrons. The zero-order valence-corrected chi connectivity index (χ0v) is 9.59. The Labute approximate surface area is 98.5 Å². The predicted molar refractivity (Wildman–Crippen MR) is 66.0 cm³/mol. The van der Waals surface area contributed by atoms with Crippen LogP contribution in [0.25, 0.3) is 16.6 Å². The molecule has 4 heteroatoms. The van der Waals surface area contributed by atoms with Gasteiger partial charge in [-0.05, 0) is 24.6 Å². The SMILES string of the molecule is Cc1cc2nnc(CCO)n2c2ccccc12. The number of nitrogens with zero attached hydrogens (tertiary/aromatic N) is 3. The van der Waals surface area contributed by atoms with Crippen LogP contribution in [0, 0.1) is 6.92 Å². The number of aliphatic hydroxyl groups excluding tert-OH is 1. The summed E-state index contributed by atoms with van der Waals surface area (Å²) in [5, 5.41) is 18.5. The minimum absolute atomic E-state index is 0.0863. The predicted octanol–water partition coefficient (Wildman–Crippen LogP) is 1.73. The lowest BCUT2D eigenvalue weighted by molar-refractivity contribution is 0.296. The first kappa shape index (κ1) is 10.2. The number of rotatable bonds is 2. The molecule has 4 nitrogen and oxygen atoms in total. The van der Waals surface area contributed by atoms with Crippen LogP contribution in [0.15, 0.2) is 30.3 Å². The van der Waals surface area contributed by atoms with E-state index in [2.05, 4.69) is 29.3 Å². The van der Waals surface area contributed by atoms with E-state index >= 15 is 0 Å². The van der Waals surface area contributed by atoms with Gasteiger partial charge in [0.25, 0.3) is 0 Å². The Morgan fingerprint density at radius 2 is 2.06 bits per heavy atom. The van der Waals surface area contributed by atoms with E-state index in [-0.39, 0.29) is 6.61 Å². The molecule has 1 aromatic carbocycles. The van der Waals surface area contributed by atoms with E-state index in [1.807, 2.05) is 22.6 Å². The second-order valence-electron chi connectivity index (χ2n) is 4.13. The van der Waals surface area contributed by atoms with Crippen molar-refractivity contribution in [3.8, 4) is 0 Å². The molecular formula is C13H13N3O. The molecule has 0 atom stereocenters. The van der Waals surface area contributed by atoms with Crippen LogP contribution in [0.5, 0.6) is 0 Å². The van der Waals surface area contributed by atoms with Crippen LogP contribution >= 0.6 is 0 Å². The zero-order valence-electron chi connectivity index (χ0n) is 9.59. The van der Waals surface area contributed by atoms with Crippen molar-refractivity contribution in [3.63, 3.8) is 0 Å². The third kappa shape index (κ3) is 1.49. The molecule has 0 unspecified atom stereocenters. The van der Waals surface area contributed by atoms with Crippen molar-refractivity contribution in [2.45, 2.75) is 13.3 Å². The van der Waals surface area contributed by atoms with Crippen LogP contribution in [0.3, 0.4) is 0 Å². The smallest absolute Gasteiger partial charge is 0.161 e. The summed E-state index contributed by atoms with van der Waals surface area (Å²) in [6.45, 7) is 2.16. The van der Waals surface area contributed by atoms with Crippen LogP contribution in [-0.2, 0) is 6.42 Å². The summed E-state index contributed by atoms with van der Waals surface area (Å²) >= 11 is 0. The standard InChI is InChI=1S/C13H13N3O/c1-9-8-13-15-14-12(6-7-17)16(13)11-5-3-2-4-10(9)11/h2-5,8,17H,6-7H2,1H3. The van der Waals surface area contributed by atoms with Crippen molar-refractivity contribution in [1.82, 2.24) is 14.6 Å². The molecule has 0 fully saturated rings. The maximum absolute atomic E-state index is 9.04. The minimum Gasteiger partial charge on any atom is -0.396 e. The molecular weight excluding hydrogens is 214 g/mol. The fraction of sp³-hybridized carbons (Fsp3) is 0.231. The average molecular weight is 227 g/mol. The summed E-state index contributed by atoms with van der Waals surface area (Å²) in [4.78, 5) is 0. The highest BCUT2D eigenvalue weighted by molar-refractivity contribution is 5.85. The number of aromatic nitrogens is 3. The van der Waals surface area contributed by atoms with Gasteiger partial charge in [0.15, 0.2) is 5.65 Å². The third-order valence-corrected chi connectivity index (χ3v) is 3.01. The van der Waals surface area contributed by atoms with Gasteiger partial charge in [-0.15, -0.1) is 10.2 Å². The molecule has 0 radical (unpaired) electrons. The molecule has 2 aromatic heterocycles. The van der Waals surface area contributed by atoms with Gasteiger partial charge in [-0.25, -0.2) is 0 Å². The molecule has 1 N–H and O–H groups in total. The molecule has 2 heterocycles. The second-order valence-corrected chi connectivity index (χ2v) is 4.13. The summed E-state index contributed by atoms with van der Waals surface area (Å²) in [6.07, 6.45) is 0.522. The maximum Gasteiger partial charge on any atom is 0.161 e. The molecule has 0 spiro atoms. The molecule has 0 amide bonds. The highest BCUT2D eigenvalue weighted by Crippen LogP contribution is 2.21. The van der Waals surface area contributed by atoms with E-state index in [4.69, 9.17) is 5.11 Å². The van der Waals surface area contributed by atoms with Crippen LogP contribution in [-0.4, -0.2) is 26.3 Å². The lowest BCUT2D eigenvalue weighted by Crippen LogP contribution is -2.00. The first-order valence-electron chi connectivity index (χ1n) is 5.64. The number of benzene rings is 1. The molecule has 0 saturated heterocycles. The Bertz CT molecular complexity index is 688. The van der Waals surface area contributed by atoms with Crippen molar-refractivity contribution in [3.05, 3.63) is 41.7 Å². The van der Waals surface area contributed by atoms with E-state index in [9.17, 15) is 0 Å². The number of hydrogen-bond donors (Lipinski definition) is 1. The molecule has 3 aromatic rings. The van der Waals surface area contributed by atoms with Gasteiger partial charge in [-0.1, -0.05) is 18.2 Å². The fourth-order valence-electron chi connectivity index (χ4n) is 2.22. The fourth-order valence-corrected chi connectivity index (χ4v) is 2.22. The van der Waals surface area contributed by atoms with Gasteiger partial charge in [-0.2, -0.15) is 0 Å². The molecule has 0 aliphatic rings. The number of fused-ring (bicyclic) bond motifs is 3. The number of aliphatic hydroxyl groups is 1. The van der Waals surface area contributed by atoms with Gasteiger partial charge in [0.2, 0.25) is 0 Å². The number of para-hydroxylation sites is 1. The van der Waals surface area contributed by atoms with E-state index in [0.29, 0.717) is 6.42 Å².